The minimum atomic E-state index is -0.0427. The second-order valence-corrected chi connectivity index (χ2v) is 19.6. The first-order valence-corrected chi connectivity index (χ1v) is 20.3. The number of anilines is 3. The maximum atomic E-state index is 7.17. The van der Waals surface area contributed by atoms with Crippen LogP contribution in [0.25, 0.3) is 22.1 Å². The molecular weight excluding hydrogens is 657 g/mol. The van der Waals surface area contributed by atoms with Crippen molar-refractivity contribution in [2.75, 3.05) is 4.90 Å². The van der Waals surface area contributed by atoms with E-state index in [1.54, 1.807) is 22.3 Å². The van der Waals surface area contributed by atoms with Crippen LogP contribution in [0.2, 0.25) is 0 Å². The molecule has 6 aromatic rings. The molecule has 3 heterocycles. The summed E-state index contributed by atoms with van der Waals surface area (Å²) in [6.07, 6.45) is 7.12. The third kappa shape index (κ3) is 5.08. The molecule has 0 spiro atoms. The third-order valence-corrected chi connectivity index (χ3v) is 12.9. The zero-order chi connectivity index (χ0) is 37.5. The van der Waals surface area contributed by atoms with Gasteiger partial charge in [-0.15, -0.1) is 0 Å². The van der Waals surface area contributed by atoms with Gasteiger partial charge in [0.05, 0.1) is 0 Å². The molecule has 0 N–H and O–H groups in total. The van der Waals surface area contributed by atoms with Crippen molar-refractivity contribution in [1.29, 1.82) is 0 Å². The Morgan fingerprint density at radius 1 is 0.574 bits per heavy atom. The van der Waals surface area contributed by atoms with Crippen molar-refractivity contribution < 1.29 is 9.15 Å². The van der Waals surface area contributed by atoms with E-state index in [0.29, 0.717) is 0 Å². The van der Waals surface area contributed by atoms with Crippen molar-refractivity contribution in [2.24, 2.45) is 0 Å². The maximum Gasteiger partial charge on any atom is 0.261 e. The van der Waals surface area contributed by atoms with E-state index >= 15 is 0 Å². The van der Waals surface area contributed by atoms with E-state index < -0.39 is 0 Å². The highest BCUT2D eigenvalue weighted by Gasteiger charge is 2.46. The van der Waals surface area contributed by atoms with Crippen LogP contribution in [0.1, 0.15) is 114 Å². The summed E-state index contributed by atoms with van der Waals surface area (Å²) in [7, 11) is 0. The van der Waals surface area contributed by atoms with Gasteiger partial charge in [0.25, 0.3) is 6.71 Å². The lowest BCUT2D eigenvalue weighted by molar-refractivity contribution is 0.486. The SMILES string of the molecule is CC(C)(C)c1ccc(N2c3cc(-c4c5c(cc6c4CCC6)CCC5)cc4c3B(c3cc(C(C)(C)C)ccc3O4)c3c2oc2ccc(C(C)(C)C)cc32)cc1. The van der Waals surface area contributed by atoms with E-state index in [9.17, 15) is 0 Å². The Hall–Kier alpha value is -4.70. The van der Waals surface area contributed by atoms with Gasteiger partial charge in [0.15, 0.2) is 0 Å². The normalized spacial score (nSPS) is 15.9. The van der Waals surface area contributed by atoms with Gasteiger partial charge in [-0.2, -0.15) is 0 Å². The summed E-state index contributed by atoms with van der Waals surface area (Å²) < 4.78 is 14.3. The molecular formula is C50H52BNO2. The smallest absolute Gasteiger partial charge is 0.261 e. The molecule has 10 rings (SSSR count). The average Bonchev–Trinajstić information content (AvgIpc) is 3.87. The summed E-state index contributed by atoms with van der Waals surface area (Å²) in [4.78, 5) is 2.42. The Balaban J connectivity index is 1.31. The first-order chi connectivity index (χ1) is 25.6. The summed E-state index contributed by atoms with van der Waals surface area (Å²) in [5.41, 5.74) is 19.8. The van der Waals surface area contributed by atoms with Crippen molar-refractivity contribution >= 4 is 51.3 Å². The highest BCUT2D eigenvalue weighted by Crippen LogP contribution is 2.48. The van der Waals surface area contributed by atoms with Crippen LogP contribution in [0.15, 0.2) is 83.3 Å². The lowest BCUT2D eigenvalue weighted by Gasteiger charge is -2.38. The third-order valence-electron chi connectivity index (χ3n) is 12.9. The standard InChI is InChI=1S/C50H52BNO2/c1-48(2,3)32-16-20-35(21-17-32)52-40-25-31(44-36-14-10-12-29(36)24-30-13-11-15-37(30)44)26-43-46(40)51(39-28-34(50(7,8)9)19-23-42(39)53-43)45-38-27-33(49(4,5)6)18-22-41(38)54-47(45)52/h16-28H,10-15H2,1-9H3. The topological polar surface area (TPSA) is 25.6 Å². The van der Waals surface area contributed by atoms with Gasteiger partial charge in [0.2, 0.25) is 5.88 Å². The lowest BCUT2D eigenvalue weighted by Crippen LogP contribution is -2.59. The Morgan fingerprint density at radius 2 is 1.19 bits per heavy atom. The second kappa shape index (κ2) is 11.4. The largest absolute Gasteiger partial charge is 0.458 e. The van der Waals surface area contributed by atoms with Crippen LogP contribution in [-0.4, -0.2) is 6.71 Å². The fourth-order valence-electron chi connectivity index (χ4n) is 9.88. The first-order valence-electron chi connectivity index (χ1n) is 20.3. The van der Waals surface area contributed by atoms with Crippen LogP contribution in [0, 0.1) is 0 Å². The van der Waals surface area contributed by atoms with Gasteiger partial charge in [-0.1, -0.05) is 98.7 Å². The molecule has 0 fully saturated rings. The van der Waals surface area contributed by atoms with E-state index in [1.807, 2.05) is 0 Å². The van der Waals surface area contributed by atoms with Gasteiger partial charge in [0, 0.05) is 22.2 Å². The number of fused-ring (bicyclic) bond motifs is 8. The molecule has 3 nitrogen and oxygen atoms in total. The summed E-state index contributed by atoms with van der Waals surface area (Å²) in [5, 5.41) is 1.19. The Kier molecular flexibility index (Phi) is 7.15. The molecule has 0 unspecified atom stereocenters. The van der Waals surface area contributed by atoms with E-state index in [-0.39, 0.29) is 23.0 Å². The molecule has 2 aliphatic heterocycles. The first kappa shape index (κ1) is 33.8. The van der Waals surface area contributed by atoms with Crippen molar-refractivity contribution in [3.8, 4) is 22.6 Å². The Bertz CT molecular complexity index is 2500. The lowest BCUT2D eigenvalue weighted by atomic mass is 9.34. The summed E-state index contributed by atoms with van der Waals surface area (Å²) in [6.45, 7) is 20.6. The molecule has 4 aliphatic rings. The van der Waals surface area contributed by atoms with Crippen LogP contribution < -0.4 is 26.0 Å². The van der Waals surface area contributed by atoms with E-state index in [0.717, 1.165) is 47.2 Å². The number of ether oxygens (including phenoxy) is 1. The van der Waals surface area contributed by atoms with Gasteiger partial charge in [-0.25, -0.2) is 0 Å². The zero-order valence-electron chi connectivity index (χ0n) is 33.6. The monoisotopic (exact) mass is 709 g/mol. The van der Waals surface area contributed by atoms with E-state index in [2.05, 4.69) is 146 Å². The molecule has 0 amide bonds. The number of hydrogen-bond acceptors (Lipinski definition) is 3. The van der Waals surface area contributed by atoms with E-state index in [4.69, 9.17) is 9.15 Å². The summed E-state index contributed by atoms with van der Waals surface area (Å²) in [6, 6.07) is 30.4. The average molecular weight is 710 g/mol. The maximum absolute atomic E-state index is 7.17. The molecule has 5 aromatic carbocycles. The van der Waals surface area contributed by atoms with Crippen LogP contribution in [0.5, 0.6) is 11.5 Å². The highest BCUT2D eigenvalue weighted by atomic mass is 16.5. The molecule has 54 heavy (non-hydrogen) atoms. The zero-order valence-corrected chi connectivity index (χ0v) is 33.6. The van der Waals surface area contributed by atoms with Crippen LogP contribution in [0.3, 0.4) is 0 Å². The molecule has 0 saturated heterocycles. The van der Waals surface area contributed by atoms with Gasteiger partial charge >= 0.3 is 0 Å². The minimum Gasteiger partial charge on any atom is -0.458 e. The second-order valence-electron chi connectivity index (χ2n) is 19.6. The predicted octanol–water partition coefficient (Wildman–Crippen LogP) is 11.4. The Morgan fingerprint density at radius 3 is 1.83 bits per heavy atom. The predicted molar refractivity (Wildman–Crippen MR) is 228 cm³/mol. The quantitative estimate of drug-likeness (QED) is 0.167. The van der Waals surface area contributed by atoms with Crippen LogP contribution in [0.4, 0.5) is 17.3 Å². The molecule has 0 bridgehead atoms. The number of hydrogen-bond donors (Lipinski definition) is 0. The van der Waals surface area contributed by atoms with Gasteiger partial charge in [0.1, 0.15) is 17.1 Å². The highest BCUT2D eigenvalue weighted by molar-refractivity contribution is 7.00. The van der Waals surface area contributed by atoms with Gasteiger partial charge in [-0.3, -0.25) is 4.90 Å². The summed E-state index contributed by atoms with van der Waals surface area (Å²) in [5.74, 6) is 2.83. The molecule has 4 heteroatoms. The fourth-order valence-corrected chi connectivity index (χ4v) is 9.88. The van der Waals surface area contributed by atoms with Crippen molar-refractivity contribution in [3.05, 3.63) is 118 Å². The number of benzene rings is 5. The number of aryl methyl sites for hydroxylation is 2. The number of nitrogens with zero attached hydrogens (tertiary/aromatic N) is 1. The van der Waals surface area contributed by atoms with Gasteiger partial charge < -0.3 is 9.15 Å². The molecule has 0 atom stereocenters. The minimum absolute atomic E-state index is 0.00333. The number of rotatable bonds is 2. The van der Waals surface area contributed by atoms with Gasteiger partial charge in [-0.05, 0) is 158 Å². The van der Waals surface area contributed by atoms with Crippen molar-refractivity contribution in [2.45, 2.75) is 117 Å². The van der Waals surface area contributed by atoms with Crippen LogP contribution in [-0.2, 0) is 41.9 Å². The Labute approximate surface area is 321 Å². The van der Waals surface area contributed by atoms with E-state index in [1.165, 1.54) is 75.3 Å². The molecule has 1 aromatic heterocycles. The molecule has 0 saturated carbocycles. The van der Waals surface area contributed by atoms with Crippen molar-refractivity contribution in [3.63, 3.8) is 0 Å². The van der Waals surface area contributed by atoms with Crippen LogP contribution >= 0.6 is 0 Å². The fraction of sp³-hybridized carbons (Fsp3) is 0.360. The summed E-state index contributed by atoms with van der Waals surface area (Å²) >= 11 is 0. The molecule has 0 radical (unpaired) electrons. The molecule has 2 aliphatic carbocycles. The molecule has 272 valence electrons. The van der Waals surface area contributed by atoms with Crippen molar-refractivity contribution in [1.82, 2.24) is 0 Å². The number of furan rings is 1.